The first-order chi connectivity index (χ1) is 17.8. The van der Waals surface area contributed by atoms with Crippen LogP contribution in [0, 0.1) is 0 Å². The summed E-state index contributed by atoms with van der Waals surface area (Å²) in [7, 11) is -3.63. The van der Waals surface area contributed by atoms with E-state index in [-0.39, 0.29) is 16.9 Å². The van der Waals surface area contributed by atoms with Crippen LogP contribution in [0.1, 0.15) is 62.7 Å². The lowest BCUT2D eigenvalue weighted by atomic mass is 10.2. The fourth-order valence-corrected chi connectivity index (χ4v) is 7.10. The number of nitrogens with zero attached hydrogens (tertiary/aromatic N) is 3. The molecule has 1 saturated heterocycles. The highest BCUT2D eigenvalue weighted by atomic mass is 35.5. The van der Waals surface area contributed by atoms with Crippen molar-refractivity contribution >= 4 is 54.2 Å². The van der Waals surface area contributed by atoms with E-state index < -0.39 is 10.0 Å². The van der Waals surface area contributed by atoms with Crippen LogP contribution in [0.2, 0.25) is 5.02 Å². The quantitative estimate of drug-likeness (QED) is 0.256. The van der Waals surface area contributed by atoms with E-state index in [1.165, 1.54) is 23.5 Å². The highest BCUT2D eigenvalue weighted by Crippen LogP contribution is 2.32. The molecule has 2 aromatic carbocycles. The fraction of sp³-hybridized carbons (Fsp3) is 0.481. The van der Waals surface area contributed by atoms with Gasteiger partial charge in [0.15, 0.2) is 5.13 Å². The SMILES string of the molecule is CCCCN(CCCC)S(=O)(=O)c1ccc(C(=O)N(CC2CCCO2)c2nc3ccc(Cl)cc3s2)cc1. The zero-order valence-corrected chi connectivity index (χ0v) is 23.7. The van der Waals surface area contributed by atoms with Crippen LogP contribution in [0.5, 0.6) is 0 Å². The number of benzene rings is 2. The molecular weight excluding hydrogens is 530 g/mol. The number of fused-ring (bicyclic) bond motifs is 1. The molecule has 0 spiro atoms. The van der Waals surface area contributed by atoms with E-state index in [9.17, 15) is 13.2 Å². The number of thiazole rings is 1. The Kier molecular flexibility index (Phi) is 9.58. The predicted octanol–water partition coefficient (Wildman–Crippen LogP) is 6.37. The fourth-order valence-electron chi connectivity index (χ4n) is 4.34. The molecule has 0 radical (unpaired) electrons. The summed E-state index contributed by atoms with van der Waals surface area (Å²) in [6.07, 6.45) is 5.24. The van der Waals surface area contributed by atoms with Gasteiger partial charge in [0.2, 0.25) is 10.0 Å². The molecule has 4 rings (SSSR count). The Labute approximate surface area is 228 Å². The molecule has 0 aliphatic carbocycles. The summed E-state index contributed by atoms with van der Waals surface area (Å²) in [5.74, 6) is -0.238. The number of carbonyl (C=O) groups excluding carboxylic acids is 1. The first-order valence-corrected chi connectivity index (χ1v) is 15.6. The van der Waals surface area contributed by atoms with Crippen molar-refractivity contribution < 1.29 is 17.9 Å². The van der Waals surface area contributed by atoms with E-state index in [1.807, 2.05) is 26.0 Å². The third kappa shape index (κ3) is 6.70. The Bertz CT molecular complexity index is 1300. The molecule has 1 unspecified atom stereocenters. The monoisotopic (exact) mass is 563 g/mol. The summed E-state index contributed by atoms with van der Waals surface area (Å²) in [6.45, 7) is 6.16. The number of carbonyl (C=O) groups is 1. The van der Waals surface area contributed by atoms with Gasteiger partial charge in [-0.2, -0.15) is 4.31 Å². The summed E-state index contributed by atoms with van der Waals surface area (Å²) in [6, 6.07) is 11.7. The number of halogens is 1. The van der Waals surface area contributed by atoms with Gasteiger partial charge in [-0.25, -0.2) is 13.4 Å². The summed E-state index contributed by atoms with van der Waals surface area (Å²) < 4.78 is 34.9. The number of rotatable bonds is 12. The van der Waals surface area contributed by atoms with E-state index in [0.717, 1.165) is 48.7 Å². The molecule has 1 atom stereocenters. The largest absolute Gasteiger partial charge is 0.376 e. The number of anilines is 1. The summed E-state index contributed by atoms with van der Waals surface area (Å²) in [5.41, 5.74) is 1.18. The second kappa shape index (κ2) is 12.7. The van der Waals surface area contributed by atoms with Crippen molar-refractivity contribution in [1.82, 2.24) is 9.29 Å². The van der Waals surface area contributed by atoms with Crippen molar-refractivity contribution in [2.45, 2.75) is 63.4 Å². The van der Waals surface area contributed by atoms with Crippen molar-refractivity contribution in [1.29, 1.82) is 0 Å². The highest BCUT2D eigenvalue weighted by Gasteiger charge is 2.28. The zero-order valence-electron chi connectivity index (χ0n) is 21.4. The van der Waals surface area contributed by atoms with Crippen LogP contribution in [0.3, 0.4) is 0 Å². The molecule has 0 saturated carbocycles. The first kappa shape index (κ1) is 28.0. The van der Waals surface area contributed by atoms with E-state index in [2.05, 4.69) is 4.98 Å². The Morgan fingerprint density at radius 1 is 1.11 bits per heavy atom. The van der Waals surface area contributed by atoms with Crippen LogP contribution in [-0.4, -0.2) is 56.0 Å². The van der Waals surface area contributed by atoms with Crippen molar-refractivity contribution in [3.63, 3.8) is 0 Å². The van der Waals surface area contributed by atoms with Gasteiger partial charge in [-0.15, -0.1) is 0 Å². The van der Waals surface area contributed by atoms with Crippen LogP contribution in [-0.2, 0) is 14.8 Å². The lowest BCUT2D eigenvalue weighted by molar-refractivity contribution is 0.0917. The molecule has 0 bridgehead atoms. The number of ether oxygens (including phenoxy) is 1. The van der Waals surface area contributed by atoms with Gasteiger partial charge < -0.3 is 4.74 Å². The summed E-state index contributed by atoms with van der Waals surface area (Å²) in [4.78, 5) is 20.2. The minimum Gasteiger partial charge on any atom is -0.376 e. The number of unbranched alkanes of at least 4 members (excludes halogenated alkanes) is 2. The minimum atomic E-state index is -3.63. The molecule has 0 N–H and O–H groups in total. The van der Waals surface area contributed by atoms with Crippen molar-refractivity contribution in [3.05, 3.63) is 53.1 Å². The van der Waals surface area contributed by atoms with Crippen LogP contribution < -0.4 is 4.90 Å². The van der Waals surface area contributed by atoms with Gasteiger partial charge in [0.1, 0.15) is 0 Å². The topological polar surface area (TPSA) is 79.8 Å². The summed E-state index contributed by atoms with van der Waals surface area (Å²) >= 11 is 7.56. The van der Waals surface area contributed by atoms with Gasteiger partial charge in [-0.3, -0.25) is 9.69 Å². The van der Waals surface area contributed by atoms with Crippen LogP contribution in [0.15, 0.2) is 47.4 Å². The Morgan fingerprint density at radius 3 is 2.43 bits per heavy atom. The van der Waals surface area contributed by atoms with Crippen LogP contribution in [0.25, 0.3) is 10.2 Å². The number of sulfonamides is 1. The van der Waals surface area contributed by atoms with Gasteiger partial charge in [-0.05, 0) is 68.1 Å². The van der Waals surface area contributed by atoms with Gasteiger partial charge in [0, 0.05) is 30.3 Å². The van der Waals surface area contributed by atoms with E-state index >= 15 is 0 Å². The maximum atomic E-state index is 13.7. The molecule has 37 heavy (non-hydrogen) atoms. The molecule has 1 aliphatic rings. The normalized spacial score (nSPS) is 16.1. The van der Waals surface area contributed by atoms with E-state index in [4.69, 9.17) is 16.3 Å². The molecule has 7 nitrogen and oxygen atoms in total. The standard InChI is InChI=1S/C27H34ClN3O4S2/c1-3-5-15-30(16-6-4-2)37(33,34)23-12-9-20(10-13-23)26(32)31(19-22-8-7-17-35-22)27-29-24-14-11-21(28)18-25(24)36-27/h9-14,18,22H,3-8,15-17,19H2,1-2H3. The van der Waals surface area contributed by atoms with Gasteiger partial charge in [-0.1, -0.05) is 49.6 Å². The zero-order chi connectivity index (χ0) is 26.4. The average molecular weight is 564 g/mol. The predicted molar refractivity (Wildman–Crippen MR) is 150 cm³/mol. The van der Waals surface area contributed by atoms with Crippen LogP contribution >= 0.6 is 22.9 Å². The number of hydrogen-bond acceptors (Lipinski definition) is 6. The molecule has 1 aliphatic heterocycles. The van der Waals surface area contributed by atoms with Crippen molar-refractivity contribution in [2.24, 2.45) is 0 Å². The highest BCUT2D eigenvalue weighted by molar-refractivity contribution is 7.89. The van der Waals surface area contributed by atoms with Crippen molar-refractivity contribution in [2.75, 3.05) is 31.1 Å². The molecule has 1 amide bonds. The first-order valence-electron chi connectivity index (χ1n) is 12.9. The summed E-state index contributed by atoms with van der Waals surface area (Å²) in [5, 5.41) is 1.18. The number of hydrogen-bond donors (Lipinski definition) is 0. The molecule has 200 valence electrons. The Balaban J connectivity index is 1.60. The Morgan fingerprint density at radius 2 is 1.81 bits per heavy atom. The van der Waals surface area contributed by atoms with Gasteiger partial charge in [0.25, 0.3) is 5.91 Å². The third-order valence-corrected chi connectivity index (χ3v) is 9.68. The van der Waals surface area contributed by atoms with Crippen LogP contribution in [0.4, 0.5) is 5.13 Å². The number of amides is 1. The smallest absolute Gasteiger partial charge is 0.260 e. The molecular formula is C27H34ClN3O4S2. The molecule has 10 heteroatoms. The molecule has 1 aromatic heterocycles. The molecule has 1 fully saturated rings. The van der Waals surface area contributed by atoms with E-state index in [0.29, 0.717) is 42.0 Å². The maximum absolute atomic E-state index is 13.7. The molecule has 3 aromatic rings. The lowest BCUT2D eigenvalue weighted by Gasteiger charge is -2.24. The van der Waals surface area contributed by atoms with Crippen molar-refractivity contribution in [3.8, 4) is 0 Å². The maximum Gasteiger partial charge on any atom is 0.260 e. The minimum absolute atomic E-state index is 0.0649. The molecule has 2 heterocycles. The Hall–Kier alpha value is -2.04. The third-order valence-electron chi connectivity index (χ3n) is 6.49. The average Bonchev–Trinajstić information content (AvgIpc) is 3.56. The van der Waals surface area contributed by atoms with Gasteiger partial charge >= 0.3 is 0 Å². The second-order valence-electron chi connectivity index (χ2n) is 9.29. The number of aromatic nitrogens is 1. The second-order valence-corrected chi connectivity index (χ2v) is 12.7. The van der Waals surface area contributed by atoms with E-state index in [1.54, 1.807) is 27.4 Å². The van der Waals surface area contributed by atoms with Gasteiger partial charge in [0.05, 0.1) is 27.8 Å². The lowest BCUT2D eigenvalue weighted by Crippen LogP contribution is -2.37.